The van der Waals surface area contributed by atoms with E-state index in [2.05, 4.69) is 23.7 Å². The third-order valence-corrected chi connectivity index (χ3v) is 6.43. The number of thiazole rings is 1. The first-order valence-corrected chi connectivity index (χ1v) is 11.1. The van der Waals surface area contributed by atoms with Gasteiger partial charge in [-0.3, -0.25) is 9.69 Å². The maximum Gasteiger partial charge on any atom is 0.260 e. The van der Waals surface area contributed by atoms with Crippen LogP contribution in [0.3, 0.4) is 0 Å². The fraction of sp³-hybridized carbons (Fsp3) is 0.250. The lowest BCUT2D eigenvalue weighted by Gasteiger charge is -2.24. The van der Waals surface area contributed by atoms with Crippen LogP contribution in [0.1, 0.15) is 24.2 Å². The van der Waals surface area contributed by atoms with E-state index in [0.717, 1.165) is 41.3 Å². The normalized spacial score (nSPS) is 11.5. The number of halogens is 2. The fourth-order valence-electron chi connectivity index (χ4n) is 3.60. The summed E-state index contributed by atoms with van der Waals surface area (Å²) in [5.41, 5.74) is 0.615. The molecule has 0 aliphatic carbocycles. The number of aromatic nitrogens is 1. The molecule has 0 unspecified atom stereocenters. The fourth-order valence-corrected chi connectivity index (χ4v) is 4.63. The minimum absolute atomic E-state index is 0.0838. The first kappa shape index (κ1) is 21.3. The molecule has 7 heteroatoms. The molecule has 4 aromatic rings. The minimum atomic E-state index is -0.723. The van der Waals surface area contributed by atoms with Crippen LogP contribution in [0, 0.1) is 11.6 Å². The van der Waals surface area contributed by atoms with Gasteiger partial charge in [-0.15, -0.1) is 0 Å². The summed E-state index contributed by atoms with van der Waals surface area (Å²) in [6.45, 7) is 6.89. The molecule has 0 aliphatic rings. The molecule has 0 saturated heterocycles. The molecule has 0 radical (unpaired) electrons. The third kappa shape index (κ3) is 4.43. The van der Waals surface area contributed by atoms with E-state index in [9.17, 15) is 13.6 Å². The van der Waals surface area contributed by atoms with Gasteiger partial charge in [-0.1, -0.05) is 55.5 Å². The van der Waals surface area contributed by atoms with Crippen LogP contribution in [0.2, 0.25) is 0 Å². The van der Waals surface area contributed by atoms with Gasteiger partial charge in [0.05, 0.1) is 4.70 Å². The quantitative estimate of drug-likeness (QED) is 0.370. The summed E-state index contributed by atoms with van der Waals surface area (Å²) in [7, 11) is 0. The van der Waals surface area contributed by atoms with Gasteiger partial charge >= 0.3 is 0 Å². The molecule has 1 amide bonds. The van der Waals surface area contributed by atoms with Crippen LogP contribution in [0.5, 0.6) is 0 Å². The molecule has 160 valence electrons. The summed E-state index contributed by atoms with van der Waals surface area (Å²) < 4.78 is 28.3. The van der Waals surface area contributed by atoms with Crippen molar-refractivity contribution in [2.75, 3.05) is 31.1 Å². The van der Waals surface area contributed by atoms with Gasteiger partial charge in [0.1, 0.15) is 11.3 Å². The van der Waals surface area contributed by atoms with E-state index in [0.29, 0.717) is 28.5 Å². The molecule has 0 saturated carbocycles. The number of anilines is 1. The van der Waals surface area contributed by atoms with Gasteiger partial charge in [0, 0.05) is 24.7 Å². The van der Waals surface area contributed by atoms with Crippen LogP contribution >= 0.6 is 11.3 Å². The number of rotatable bonds is 7. The molecule has 0 aliphatic heterocycles. The predicted molar refractivity (Wildman–Crippen MR) is 123 cm³/mol. The van der Waals surface area contributed by atoms with Gasteiger partial charge in [0.2, 0.25) is 0 Å². The Hall–Kier alpha value is -2.90. The molecule has 1 aromatic heterocycles. The predicted octanol–water partition coefficient (Wildman–Crippen LogP) is 5.72. The van der Waals surface area contributed by atoms with Gasteiger partial charge in [-0.2, -0.15) is 0 Å². The minimum Gasteiger partial charge on any atom is -0.302 e. The average Bonchev–Trinajstić information content (AvgIpc) is 3.20. The van der Waals surface area contributed by atoms with Crippen LogP contribution < -0.4 is 4.90 Å². The Morgan fingerprint density at radius 2 is 1.71 bits per heavy atom. The average molecular weight is 440 g/mol. The number of amides is 1. The molecule has 0 N–H and O–H groups in total. The third-order valence-electron chi connectivity index (χ3n) is 5.41. The van der Waals surface area contributed by atoms with Crippen molar-refractivity contribution in [2.45, 2.75) is 13.8 Å². The van der Waals surface area contributed by atoms with Crippen molar-refractivity contribution in [1.29, 1.82) is 0 Å². The molecule has 3 aromatic carbocycles. The number of likely N-dealkylation sites (N-methyl/N-ethyl adjacent to an activating group) is 1. The van der Waals surface area contributed by atoms with Crippen LogP contribution in [-0.2, 0) is 0 Å². The molecule has 31 heavy (non-hydrogen) atoms. The van der Waals surface area contributed by atoms with Crippen molar-refractivity contribution >= 4 is 43.4 Å². The number of carbonyl (C=O) groups excluding carboxylic acids is 1. The van der Waals surface area contributed by atoms with Crippen molar-refractivity contribution in [3.8, 4) is 0 Å². The van der Waals surface area contributed by atoms with Crippen molar-refractivity contribution in [3.63, 3.8) is 0 Å². The van der Waals surface area contributed by atoms with Crippen LogP contribution in [0.15, 0.2) is 54.6 Å². The molecule has 0 spiro atoms. The number of fused-ring (bicyclic) bond motifs is 2. The van der Waals surface area contributed by atoms with Gasteiger partial charge < -0.3 is 4.90 Å². The first-order chi connectivity index (χ1) is 15.0. The molecule has 4 rings (SSSR count). The molecule has 0 bridgehead atoms. The van der Waals surface area contributed by atoms with E-state index in [1.807, 2.05) is 36.4 Å². The van der Waals surface area contributed by atoms with E-state index in [-0.39, 0.29) is 11.4 Å². The summed E-state index contributed by atoms with van der Waals surface area (Å²) in [4.78, 5) is 21.6. The smallest absolute Gasteiger partial charge is 0.260 e. The number of benzene rings is 3. The Labute approximate surface area is 183 Å². The number of hydrogen-bond donors (Lipinski definition) is 0. The second-order valence-corrected chi connectivity index (χ2v) is 8.29. The molecule has 0 fully saturated rings. The number of carbonyl (C=O) groups is 1. The Bertz CT molecular complexity index is 1240. The largest absolute Gasteiger partial charge is 0.302 e. The Morgan fingerprint density at radius 3 is 2.45 bits per heavy atom. The SMILES string of the molecule is CCN(CC)CCN(C(=O)c1ccc2ccccc2c1)c1nc2c(F)cc(F)cc2s1. The number of nitrogens with zero attached hydrogens (tertiary/aromatic N) is 3. The zero-order valence-electron chi connectivity index (χ0n) is 17.4. The zero-order chi connectivity index (χ0) is 22.0. The van der Waals surface area contributed by atoms with Crippen molar-refractivity contribution in [3.05, 3.63) is 71.8 Å². The van der Waals surface area contributed by atoms with E-state index in [4.69, 9.17) is 0 Å². The number of hydrogen-bond acceptors (Lipinski definition) is 4. The van der Waals surface area contributed by atoms with Crippen molar-refractivity contribution in [1.82, 2.24) is 9.88 Å². The lowest BCUT2D eigenvalue weighted by atomic mass is 10.1. The van der Waals surface area contributed by atoms with Crippen molar-refractivity contribution in [2.24, 2.45) is 0 Å². The maximum atomic E-state index is 14.2. The standard InChI is InChI=1S/C24H23F2N3OS/c1-3-28(4-2)11-12-29(24-27-22-20(26)14-19(25)15-21(22)31-24)23(30)18-10-9-16-7-5-6-8-17(16)13-18/h5-10,13-15H,3-4,11-12H2,1-2H3. The van der Waals surface area contributed by atoms with E-state index in [1.165, 1.54) is 6.07 Å². The van der Waals surface area contributed by atoms with Crippen molar-refractivity contribution < 1.29 is 13.6 Å². The Balaban J connectivity index is 1.74. The summed E-state index contributed by atoms with van der Waals surface area (Å²) in [6.07, 6.45) is 0. The second kappa shape index (κ2) is 9.08. The van der Waals surface area contributed by atoms with E-state index in [1.54, 1.807) is 11.0 Å². The highest BCUT2D eigenvalue weighted by molar-refractivity contribution is 7.22. The van der Waals surface area contributed by atoms with Gasteiger partial charge in [0.15, 0.2) is 10.9 Å². The lowest BCUT2D eigenvalue weighted by molar-refractivity contribution is 0.0984. The highest BCUT2D eigenvalue weighted by Crippen LogP contribution is 2.32. The molecular formula is C24H23F2N3OS. The Morgan fingerprint density at radius 1 is 0.968 bits per heavy atom. The Kier molecular flexibility index (Phi) is 6.25. The van der Waals surface area contributed by atoms with E-state index < -0.39 is 11.6 Å². The van der Waals surface area contributed by atoms with Crippen LogP contribution in [-0.4, -0.2) is 42.0 Å². The van der Waals surface area contributed by atoms with Crippen LogP contribution in [0.25, 0.3) is 21.0 Å². The van der Waals surface area contributed by atoms with Gasteiger partial charge in [-0.25, -0.2) is 13.8 Å². The van der Waals surface area contributed by atoms with Gasteiger partial charge in [0.25, 0.3) is 5.91 Å². The summed E-state index contributed by atoms with van der Waals surface area (Å²) in [5.74, 6) is -1.59. The molecular weight excluding hydrogens is 416 g/mol. The summed E-state index contributed by atoms with van der Waals surface area (Å²) >= 11 is 1.12. The second-order valence-electron chi connectivity index (χ2n) is 7.28. The summed E-state index contributed by atoms with van der Waals surface area (Å²) in [5, 5.41) is 2.38. The lowest BCUT2D eigenvalue weighted by Crippen LogP contribution is -2.38. The maximum absolute atomic E-state index is 14.2. The van der Waals surface area contributed by atoms with E-state index >= 15 is 0 Å². The van der Waals surface area contributed by atoms with Crippen LogP contribution in [0.4, 0.5) is 13.9 Å². The zero-order valence-corrected chi connectivity index (χ0v) is 18.3. The highest BCUT2D eigenvalue weighted by atomic mass is 32.1. The summed E-state index contributed by atoms with van der Waals surface area (Å²) in [6, 6.07) is 15.5. The highest BCUT2D eigenvalue weighted by Gasteiger charge is 2.23. The van der Waals surface area contributed by atoms with Gasteiger partial charge in [-0.05, 0) is 42.1 Å². The molecule has 4 nitrogen and oxygen atoms in total. The monoisotopic (exact) mass is 439 g/mol. The molecule has 0 atom stereocenters. The topological polar surface area (TPSA) is 36.4 Å². The first-order valence-electron chi connectivity index (χ1n) is 10.3. The molecule has 1 heterocycles.